The SMILES string of the molecule is COCCOc1ccc(C#N)c(-c2cc(C(CNC3CCC(NC(C)=O)CC3)c3ccccc3)ccc2Cl)c1F. The Balaban J connectivity index is 1.63. The Morgan fingerprint density at radius 2 is 1.77 bits per heavy atom. The zero-order valence-electron chi connectivity index (χ0n) is 22.9. The molecule has 1 atom stereocenters. The molecule has 0 spiro atoms. The van der Waals surface area contributed by atoms with Gasteiger partial charge in [0.15, 0.2) is 11.6 Å². The van der Waals surface area contributed by atoms with E-state index in [9.17, 15) is 10.1 Å². The van der Waals surface area contributed by atoms with E-state index < -0.39 is 5.82 Å². The van der Waals surface area contributed by atoms with Gasteiger partial charge in [0.1, 0.15) is 6.61 Å². The summed E-state index contributed by atoms with van der Waals surface area (Å²) in [4.78, 5) is 11.4. The number of carbonyl (C=O) groups is 1. The van der Waals surface area contributed by atoms with Crippen LogP contribution in [0.4, 0.5) is 4.39 Å². The second-order valence-corrected chi connectivity index (χ2v) is 10.5. The fourth-order valence-electron chi connectivity index (χ4n) is 5.34. The van der Waals surface area contributed by atoms with Gasteiger partial charge >= 0.3 is 0 Å². The molecule has 1 unspecified atom stereocenters. The van der Waals surface area contributed by atoms with Crippen LogP contribution in [0.15, 0.2) is 60.7 Å². The van der Waals surface area contributed by atoms with Gasteiger partial charge in [-0.3, -0.25) is 4.79 Å². The fourth-order valence-corrected chi connectivity index (χ4v) is 5.55. The van der Waals surface area contributed by atoms with E-state index in [1.807, 2.05) is 30.3 Å². The molecule has 40 heavy (non-hydrogen) atoms. The first kappa shape index (κ1) is 29.5. The zero-order chi connectivity index (χ0) is 28.5. The summed E-state index contributed by atoms with van der Waals surface area (Å²) in [5.41, 5.74) is 2.83. The van der Waals surface area contributed by atoms with Crippen molar-refractivity contribution in [3.05, 3.63) is 88.2 Å². The quantitative estimate of drug-likeness (QED) is 0.271. The standard InChI is InChI=1S/C32H35ClFN3O3/c1-21(38)37-26-12-10-25(11-13-26)36-20-28(22-6-4-3-5-7-22)23-8-14-29(33)27(18-23)31-24(19-35)9-15-30(32(31)34)40-17-16-39-2/h3-9,14-15,18,25-26,28,36H,10-13,16-17,20H2,1-2H3,(H,37,38). The van der Waals surface area contributed by atoms with Gasteiger partial charge in [0.05, 0.1) is 18.2 Å². The Morgan fingerprint density at radius 3 is 2.45 bits per heavy atom. The minimum Gasteiger partial charge on any atom is -0.488 e. The first-order chi connectivity index (χ1) is 19.4. The van der Waals surface area contributed by atoms with Crippen LogP contribution in [0.25, 0.3) is 11.1 Å². The third kappa shape index (κ3) is 7.39. The maximum Gasteiger partial charge on any atom is 0.217 e. The van der Waals surface area contributed by atoms with Crippen molar-refractivity contribution >= 4 is 17.5 Å². The molecule has 3 aromatic rings. The molecule has 6 nitrogen and oxygen atoms in total. The van der Waals surface area contributed by atoms with Crippen LogP contribution in [0.3, 0.4) is 0 Å². The lowest BCUT2D eigenvalue weighted by molar-refractivity contribution is -0.119. The molecule has 0 bridgehead atoms. The number of benzene rings is 3. The van der Waals surface area contributed by atoms with Gasteiger partial charge in [-0.1, -0.05) is 48.0 Å². The van der Waals surface area contributed by atoms with E-state index in [2.05, 4.69) is 28.8 Å². The molecule has 0 aromatic heterocycles. The van der Waals surface area contributed by atoms with Crippen molar-refractivity contribution in [1.82, 2.24) is 10.6 Å². The first-order valence-electron chi connectivity index (χ1n) is 13.6. The lowest BCUT2D eigenvalue weighted by atomic mass is 9.87. The molecule has 0 heterocycles. The highest BCUT2D eigenvalue weighted by Crippen LogP contribution is 2.39. The predicted octanol–water partition coefficient (Wildman–Crippen LogP) is 6.21. The Hall–Kier alpha value is -3.44. The number of hydrogen-bond acceptors (Lipinski definition) is 5. The van der Waals surface area contributed by atoms with Gasteiger partial charge in [-0.15, -0.1) is 0 Å². The normalized spacial score (nSPS) is 17.6. The summed E-state index contributed by atoms with van der Waals surface area (Å²) in [7, 11) is 1.55. The number of ether oxygens (including phenoxy) is 2. The molecule has 0 aliphatic heterocycles. The Labute approximate surface area is 240 Å². The number of carbonyl (C=O) groups excluding carboxylic acids is 1. The Bertz CT molecular complexity index is 1340. The molecule has 1 aliphatic carbocycles. The van der Waals surface area contributed by atoms with E-state index in [-0.39, 0.29) is 41.4 Å². The van der Waals surface area contributed by atoms with E-state index in [0.29, 0.717) is 29.8 Å². The van der Waals surface area contributed by atoms with Crippen LogP contribution in [0.2, 0.25) is 5.02 Å². The minimum atomic E-state index is -0.625. The minimum absolute atomic E-state index is 0.0159. The van der Waals surface area contributed by atoms with Crippen LogP contribution >= 0.6 is 11.6 Å². The number of hydrogen-bond donors (Lipinski definition) is 2. The van der Waals surface area contributed by atoms with Crippen molar-refractivity contribution in [1.29, 1.82) is 5.26 Å². The number of nitriles is 1. The second kappa shape index (κ2) is 14.3. The van der Waals surface area contributed by atoms with Crippen LogP contribution in [-0.4, -0.2) is 44.9 Å². The molecular formula is C32H35ClFN3O3. The van der Waals surface area contributed by atoms with Gasteiger partial charge in [0.2, 0.25) is 5.91 Å². The first-order valence-corrected chi connectivity index (χ1v) is 14.0. The summed E-state index contributed by atoms with van der Waals surface area (Å²) in [6.45, 7) is 2.73. The van der Waals surface area contributed by atoms with Crippen LogP contribution in [0, 0.1) is 17.1 Å². The van der Waals surface area contributed by atoms with Crippen molar-refractivity contribution in [2.75, 3.05) is 26.9 Å². The molecule has 0 radical (unpaired) electrons. The summed E-state index contributed by atoms with van der Waals surface area (Å²) in [5.74, 6) is -0.592. The molecule has 4 rings (SSSR count). The highest BCUT2D eigenvalue weighted by molar-refractivity contribution is 6.33. The molecule has 210 valence electrons. The van der Waals surface area contributed by atoms with E-state index in [1.54, 1.807) is 26.2 Å². The fraction of sp³-hybridized carbons (Fsp3) is 0.375. The summed E-state index contributed by atoms with van der Waals surface area (Å²) in [6.07, 6.45) is 3.84. The summed E-state index contributed by atoms with van der Waals surface area (Å²) < 4.78 is 26.3. The smallest absolute Gasteiger partial charge is 0.217 e. The number of nitrogens with zero attached hydrogens (tertiary/aromatic N) is 1. The number of amides is 1. The van der Waals surface area contributed by atoms with Crippen molar-refractivity contribution in [3.8, 4) is 22.9 Å². The van der Waals surface area contributed by atoms with Gasteiger partial charge in [-0.05, 0) is 61.1 Å². The molecule has 1 aliphatic rings. The summed E-state index contributed by atoms with van der Waals surface area (Å²) in [5, 5.41) is 16.9. The van der Waals surface area contributed by atoms with Crippen LogP contribution < -0.4 is 15.4 Å². The average Bonchev–Trinajstić information content (AvgIpc) is 2.96. The zero-order valence-corrected chi connectivity index (χ0v) is 23.6. The Morgan fingerprint density at radius 1 is 1.05 bits per heavy atom. The van der Waals surface area contributed by atoms with Gasteiger partial charge < -0.3 is 20.1 Å². The molecule has 0 saturated heterocycles. The van der Waals surface area contributed by atoms with Crippen molar-refractivity contribution < 1.29 is 18.7 Å². The highest BCUT2D eigenvalue weighted by Gasteiger charge is 2.25. The molecule has 3 aromatic carbocycles. The van der Waals surface area contributed by atoms with E-state index >= 15 is 4.39 Å². The number of methoxy groups -OCH3 is 1. The molecule has 2 N–H and O–H groups in total. The Kier molecular flexibility index (Phi) is 10.5. The summed E-state index contributed by atoms with van der Waals surface area (Å²) >= 11 is 6.63. The van der Waals surface area contributed by atoms with Gasteiger partial charge in [-0.25, -0.2) is 4.39 Å². The van der Waals surface area contributed by atoms with E-state index in [0.717, 1.165) is 36.8 Å². The van der Waals surface area contributed by atoms with E-state index in [4.69, 9.17) is 21.1 Å². The average molecular weight is 564 g/mol. The molecule has 1 fully saturated rings. The summed E-state index contributed by atoms with van der Waals surface area (Å²) in [6, 6.07) is 21.5. The van der Waals surface area contributed by atoms with Crippen LogP contribution in [0.5, 0.6) is 5.75 Å². The molecule has 1 amide bonds. The monoisotopic (exact) mass is 563 g/mol. The highest BCUT2D eigenvalue weighted by atomic mass is 35.5. The maximum atomic E-state index is 15.8. The largest absolute Gasteiger partial charge is 0.488 e. The number of rotatable bonds is 11. The van der Waals surface area contributed by atoms with Crippen molar-refractivity contribution in [3.63, 3.8) is 0 Å². The third-order valence-electron chi connectivity index (χ3n) is 7.38. The number of nitrogens with one attached hydrogen (secondary N) is 2. The van der Waals surface area contributed by atoms with Gasteiger partial charge in [0.25, 0.3) is 0 Å². The van der Waals surface area contributed by atoms with Crippen LogP contribution in [-0.2, 0) is 9.53 Å². The van der Waals surface area contributed by atoms with Crippen LogP contribution in [0.1, 0.15) is 55.2 Å². The predicted molar refractivity (Wildman–Crippen MR) is 155 cm³/mol. The topological polar surface area (TPSA) is 83.4 Å². The van der Waals surface area contributed by atoms with E-state index in [1.165, 1.54) is 6.07 Å². The molecular weight excluding hydrogens is 529 g/mol. The molecule has 8 heteroatoms. The number of halogens is 2. The van der Waals surface area contributed by atoms with Gasteiger partial charge in [-0.2, -0.15) is 5.26 Å². The maximum absolute atomic E-state index is 15.8. The van der Waals surface area contributed by atoms with Gasteiger partial charge in [0, 0.05) is 54.7 Å². The third-order valence-corrected chi connectivity index (χ3v) is 7.71. The lowest BCUT2D eigenvalue weighted by Crippen LogP contribution is -2.42. The van der Waals surface area contributed by atoms with Crippen molar-refractivity contribution in [2.24, 2.45) is 0 Å². The lowest BCUT2D eigenvalue weighted by Gasteiger charge is -2.31. The molecule has 1 saturated carbocycles. The van der Waals surface area contributed by atoms with Crippen molar-refractivity contribution in [2.45, 2.75) is 50.6 Å². The second-order valence-electron chi connectivity index (χ2n) is 10.1.